The first-order chi connectivity index (χ1) is 17.1. The quantitative estimate of drug-likeness (QED) is 0.223. The van der Waals surface area contributed by atoms with Crippen LogP contribution in [0.5, 0.6) is 0 Å². The van der Waals surface area contributed by atoms with Gasteiger partial charge in [0.05, 0.1) is 12.8 Å². The van der Waals surface area contributed by atoms with Crippen LogP contribution in [-0.4, -0.2) is 43.5 Å². The largest absolute Gasteiger partial charge is 0.299 e. The molecule has 2 heterocycles. The van der Waals surface area contributed by atoms with Crippen LogP contribution in [-0.2, 0) is 48.1 Å². The first kappa shape index (κ1) is 25.3. The Morgan fingerprint density at radius 2 is 0.971 bits per heavy atom. The molecule has 2 aromatic carbocycles. The molecular formula is C26H26N4O2S3. The fourth-order valence-electron chi connectivity index (χ4n) is 3.45. The highest BCUT2D eigenvalue weighted by Gasteiger charge is 2.12. The number of ketones is 2. The Morgan fingerprint density at radius 1 is 0.571 bits per heavy atom. The van der Waals surface area contributed by atoms with Gasteiger partial charge in [-0.25, -0.2) is 0 Å². The highest BCUT2D eigenvalue weighted by atomic mass is 32.2. The Morgan fingerprint density at radius 3 is 1.40 bits per heavy atom. The minimum Gasteiger partial charge on any atom is -0.299 e. The Hall–Kier alpha value is -2.75. The first-order valence-electron chi connectivity index (χ1n) is 11.5. The van der Waals surface area contributed by atoms with E-state index in [1.165, 1.54) is 22.7 Å². The van der Waals surface area contributed by atoms with E-state index in [0.29, 0.717) is 25.7 Å². The van der Waals surface area contributed by atoms with Crippen molar-refractivity contribution in [1.82, 2.24) is 20.4 Å². The number of carbonyl (C=O) groups is 2. The molecule has 180 valence electrons. The zero-order valence-corrected chi connectivity index (χ0v) is 21.7. The predicted octanol–water partition coefficient (Wildman–Crippen LogP) is 4.62. The van der Waals surface area contributed by atoms with Gasteiger partial charge in [0, 0.05) is 25.7 Å². The van der Waals surface area contributed by atoms with Crippen molar-refractivity contribution in [3.05, 3.63) is 91.8 Å². The molecule has 4 rings (SSSR count). The molecule has 0 bridgehead atoms. The van der Waals surface area contributed by atoms with Crippen molar-refractivity contribution < 1.29 is 9.59 Å². The van der Waals surface area contributed by atoms with Gasteiger partial charge in [-0.3, -0.25) is 9.59 Å². The van der Waals surface area contributed by atoms with Crippen molar-refractivity contribution in [3.8, 4) is 0 Å². The van der Waals surface area contributed by atoms with Crippen LogP contribution >= 0.6 is 34.4 Å². The third kappa shape index (κ3) is 8.76. The third-order valence-corrected chi connectivity index (χ3v) is 8.07. The van der Waals surface area contributed by atoms with Gasteiger partial charge in [0.25, 0.3) is 0 Å². The van der Waals surface area contributed by atoms with Crippen LogP contribution in [0.25, 0.3) is 0 Å². The number of hydrogen-bond acceptors (Lipinski definition) is 9. The van der Waals surface area contributed by atoms with E-state index in [9.17, 15) is 9.59 Å². The number of aromatic nitrogens is 4. The summed E-state index contributed by atoms with van der Waals surface area (Å²) in [5, 5.41) is 20.4. The van der Waals surface area contributed by atoms with E-state index < -0.39 is 0 Å². The summed E-state index contributed by atoms with van der Waals surface area (Å²) in [4.78, 5) is 24.5. The number of rotatable bonds is 14. The maximum atomic E-state index is 12.3. The maximum Gasteiger partial charge on any atom is 0.144 e. The van der Waals surface area contributed by atoms with E-state index in [-0.39, 0.29) is 11.6 Å². The van der Waals surface area contributed by atoms with E-state index in [4.69, 9.17) is 0 Å². The number of Topliss-reactive ketones (excluding diaryl/α,β-unsaturated/α-hetero) is 2. The number of benzene rings is 2. The SMILES string of the molecule is O=C(Cc1ccccc1)Cc1nnc(CCSCCc2nnc(CC(=O)Cc3ccccc3)s2)s1. The molecule has 0 radical (unpaired) electrons. The van der Waals surface area contributed by atoms with Crippen molar-refractivity contribution >= 4 is 46.0 Å². The zero-order valence-electron chi connectivity index (χ0n) is 19.3. The molecule has 6 nitrogen and oxygen atoms in total. The molecule has 0 fully saturated rings. The molecule has 0 unspecified atom stereocenters. The maximum absolute atomic E-state index is 12.3. The molecule has 0 saturated heterocycles. The van der Waals surface area contributed by atoms with Gasteiger partial charge in [-0.05, 0) is 22.6 Å². The van der Waals surface area contributed by atoms with Crippen molar-refractivity contribution in [2.24, 2.45) is 0 Å². The normalized spacial score (nSPS) is 11.0. The third-order valence-electron chi connectivity index (χ3n) is 5.12. The Kier molecular flexibility index (Phi) is 9.68. The van der Waals surface area contributed by atoms with Gasteiger partial charge in [-0.1, -0.05) is 60.7 Å². The number of nitrogens with zero attached hydrogens (tertiary/aromatic N) is 4. The van der Waals surface area contributed by atoms with Crippen LogP contribution in [0, 0.1) is 0 Å². The molecule has 0 aliphatic rings. The smallest absolute Gasteiger partial charge is 0.144 e. The minimum atomic E-state index is 0.159. The molecule has 0 saturated carbocycles. The molecule has 0 spiro atoms. The van der Waals surface area contributed by atoms with Crippen LogP contribution in [0.15, 0.2) is 60.7 Å². The van der Waals surface area contributed by atoms with Crippen LogP contribution < -0.4 is 0 Å². The van der Waals surface area contributed by atoms with Crippen LogP contribution in [0.2, 0.25) is 0 Å². The van der Waals surface area contributed by atoms with Crippen LogP contribution in [0.4, 0.5) is 0 Å². The first-order valence-corrected chi connectivity index (χ1v) is 14.2. The Labute approximate surface area is 217 Å². The molecule has 0 amide bonds. The van der Waals surface area contributed by atoms with Crippen molar-refractivity contribution in [2.45, 2.75) is 38.5 Å². The van der Waals surface area contributed by atoms with Gasteiger partial charge >= 0.3 is 0 Å². The standard InChI is InChI=1S/C26H26N4O2S3/c31-21(15-19-7-3-1-4-8-19)17-25-29-27-23(34-25)11-13-33-14-12-24-28-30-26(35-24)18-22(32)16-20-9-5-2-6-10-20/h1-10H,11-18H2. The summed E-state index contributed by atoms with van der Waals surface area (Å²) < 4.78 is 0. The van der Waals surface area contributed by atoms with Gasteiger partial charge < -0.3 is 0 Å². The summed E-state index contributed by atoms with van der Waals surface area (Å²) in [5.74, 6) is 2.19. The van der Waals surface area contributed by atoms with Gasteiger partial charge in [0.15, 0.2) is 0 Å². The molecule has 0 aliphatic carbocycles. The Bertz CT molecular complexity index is 1130. The number of thioether (sulfide) groups is 1. The lowest BCUT2D eigenvalue weighted by Crippen LogP contribution is -2.06. The number of aryl methyl sites for hydroxylation is 2. The molecule has 35 heavy (non-hydrogen) atoms. The summed E-state index contributed by atoms with van der Waals surface area (Å²) >= 11 is 4.89. The van der Waals surface area contributed by atoms with Crippen LogP contribution in [0.3, 0.4) is 0 Å². The zero-order chi connectivity index (χ0) is 24.3. The monoisotopic (exact) mass is 522 g/mol. The fourth-order valence-corrected chi connectivity index (χ4v) is 6.34. The fraction of sp³-hybridized carbons (Fsp3) is 0.308. The van der Waals surface area contributed by atoms with E-state index >= 15 is 0 Å². The lowest BCUT2D eigenvalue weighted by molar-refractivity contribution is -0.118. The molecule has 0 aliphatic heterocycles. The number of hydrogen-bond donors (Lipinski definition) is 0. The second kappa shape index (κ2) is 13.4. The molecule has 9 heteroatoms. The number of carbonyl (C=O) groups excluding carboxylic acids is 2. The van der Waals surface area contributed by atoms with Crippen molar-refractivity contribution in [3.63, 3.8) is 0 Å². The van der Waals surface area contributed by atoms with Gasteiger partial charge in [0.2, 0.25) is 0 Å². The summed E-state index contributed by atoms with van der Waals surface area (Å²) in [5.41, 5.74) is 2.06. The second-order valence-corrected chi connectivity index (χ2v) is 11.6. The van der Waals surface area contributed by atoms with Crippen molar-refractivity contribution in [2.75, 3.05) is 11.5 Å². The molecule has 4 aromatic rings. The van der Waals surface area contributed by atoms with Crippen LogP contribution in [0.1, 0.15) is 31.2 Å². The topological polar surface area (TPSA) is 85.7 Å². The average molecular weight is 523 g/mol. The van der Waals surface area contributed by atoms with E-state index in [1.807, 2.05) is 72.4 Å². The summed E-state index contributed by atoms with van der Waals surface area (Å²) in [6, 6.07) is 19.5. The van der Waals surface area contributed by atoms with Crippen molar-refractivity contribution in [1.29, 1.82) is 0 Å². The van der Waals surface area contributed by atoms with E-state index in [2.05, 4.69) is 20.4 Å². The summed E-state index contributed by atoms with van der Waals surface area (Å²) in [7, 11) is 0. The highest BCUT2D eigenvalue weighted by Crippen LogP contribution is 2.17. The lowest BCUT2D eigenvalue weighted by atomic mass is 10.1. The molecule has 2 aromatic heterocycles. The van der Waals surface area contributed by atoms with Gasteiger partial charge in [-0.15, -0.1) is 43.1 Å². The lowest BCUT2D eigenvalue weighted by Gasteiger charge is -1.99. The molecule has 0 atom stereocenters. The summed E-state index contributed by atoms with van der Waals surface area (Å²) in [6.45, 7) is 0. The predicted molar refractivity (Wildman–Crippen MR) is 142 cm³/mol. The van der Waals surface area contributed by atoms with E-state index in [0.717, 1.165) is 55.5 Å². The minimum absolute atomic E-state index is 0.159. The van der Waals surface area contributed by atoms with E-state index in [1.54, 1.807) is 0 Å². The highest BCUT2D eigenvalue weighted by molar-refractivity contribution is 7.99. The Balaban J connectivity index is 1.11. The second-order valence-electron chi connectivity index (χ2n) is 8.05. The summed E-state index contributed by atoms with van der Waals surface area (Å²) in [6.07, 6.45) is 3.22. The van der Waals surface area contributed by atoms with Gasteiger partial charge in [-0.2, -0.15) is 11.8 Å². The molecule has 0 N–H and O–H groups in total. The molecular weight excluding hydrogens is 497 g/mol. The van der Waals surface area contributed by atoms with Gasteiger partial charge in [0.1, 0.15) is 31.6 Å². The average Bonchev–Trinajstić information content (AvgIpc) is 3.49.